The summed E-state index contributed by atoms with van der Waals surface area (Å²) in [6.07, 6.45) is 6.97. The minimum absolute atomic E-state index is 0.967. The first-order chi connectivity index (χ1) is 12.4. The van der Waals surface area contributed by atoms with Crippen LogP contribution in [0.25, 0.3) is 16.8 Å². The van der Waals surface area contributed by atoms with Gasteiger partial charge in [-0.3, -0.25) is 0 Å². The highest BCUT2D eigenvalue weighted by atomic mass is 15.0. The summed E-state index contributed by atoms with van der Waals surface area (Å²) in [6.45, 7) is 2.22. The van der Waals surface area contributed by atoms with E-state index >= 15 is 0 Å². The Bertz CT molecular complexity index is 1010. The van der Waals surface area contributed by atoms with Gasteiger partial charge in [-0.1, -0.05) is 67.6 Å². The zero-order valence-corrected chi connectivity index (χ0v) is 14.3. The normalized spacial score (nSPS) is 12.2. The Hall–Kier alpha value is -3.13. The van der Waals surface area contributed by atoms with Gasteiger partial charge in [0.05, 0.1) is 0 Å². The molecule has 2 aromatic heterocycles. The van der Waals surface area contributed by atoms with Crippen LogP contribution in [0.1, 0.15) is 30.0 Å². The van der Waals surface area contributed by atoms with Crippen molar-refractivity contribution in [2.75, 3.05) is 0 Å². The van der Waals surface area contributed by atoms with Gasteiger partial charge in [0, 0.05) is 18.6 Å². The van der Waals surface area contributed by atoms with E-state index in [4.69, 9.17) is 0 Å². The van der Waals surface area contributed by atoms with Crippen molar-refractivity contribution < 1.29 is 0 Å². The van der Waals surface area contributed by atoms with Crippen molar-refractivity contribution in [1.82, 2.24) is 9.38 Å². The predicted molar refractivity (Wildman–Crippen MR) is 104 cm³/mol. The van der Waals surface area contributed by atoms with Gasteiger partial charge in [-0.2, -0.15) is 0 Å². The van der Waals surface area contributed by atoms with Gasteiger partial charge < -0.3 is 4.40 Å². The summed E-state index contributed by atoms with van der Waals surface area (Å²) in [4.78, 5) is 4.36. The Labute approximate surface area is 148 Å². The smallest absolute Gasteiger partial charge is 0.136 e. The highest BCUT2D eigenvalue weighted by Crippen LogP contribution is 2.34. The van der Waals surface area contributed by atoms with E-state index in [1.165, 1.54) is 27.8 Å². The van der Waals surface area contributed by atoms with E-state index in [0.29, 0.717) is 0 Å². The lowest BCUT2D eigenvalue weighted by Crippen LogP contribution is -1.96. The number of benzene rings is 2. The third kappa shape index (κ3) is 2.99. The molecule has 0 aliphatic carbocycles. The number of allylic oxidation sites excluding steroid dienone is 1. The van der Waals surface area contributed by atoms with E-state index in [2.05, 4.69) is 95.3 Å². The van der Waals surface area contributed by atoms with Crippen molar-refractivity contribution in [3.05, 3.63) is 108 Å². The van der Waals surface area contributed by atoms with Crippen molar-refractivity contribution in [2.45, 2.75) is 13.3 Å². The number of aromatic nitrogens is 2. The zero-order valence-electron chi connectivity index (χ0n) is 14.3. The van der Waals surface area contributed by atoms with Gasteiger partial charge in [-0.15, -0.1) is 0 Å². The van der Waals surface area contributed by atoms with Gasteiger partial charge in [-0.05, 0) is 46.4 Å². The molecule has 0 spiro atoms. The van der Waals surface area contributed by atoms with Crippen molar-refractivity contribution in [3.63, 3.8) is 0 Å². The molecule has 122 valence electrons. The average Bonchev–Trinajstić information content (AvgIpc) is 3.15. The number of rotatable bonds is 4. The Kier molecular flexibility index (Phi) is 4.17. The van der Waals surface area contributed by atoms with Crippen LogP contribution in [0.3, 0.4) is 0 Å². The first-order valence-corrected chi connectivity index (χ1v) is 8.64. The molecule has 2 heterocycles. The quantitative estimate of drug-likeness (QED) is 0.440. The molecule has 0 amide bonds. The number of hydrogen-bond donors (Lipinski definition) is 0. The molecule has 0 radical (unpaired) electrons. The Morgan fingerprint density at radius 1 is 0.800 bits per heavy atom. The van der Waals surface area contributed by atoms with Crippen LogP contribution in [0.4, 0.5) is 0 Å². The molecule has 0 atom stereocenters. The molecule has 2 nitrogen and oxygen atoms in total. The van der Waals surface area contributed by atoms with Gasteiger partial charge in [0.25, 0.3) is 0 Å². The minimum Gasteiger partial charge on any atom is -0.306 e. The molecule has 25 heavy (non-hydrogen) atoms. The maximum absolute atomic E-state index is 4.36. The van der Waals surface area contributed by atoms with Crippen LogP contribution in [0.15, 0.2) is 91.4 Å². The second kappa shape index (κ2) is 6.78. The van der Waals surface area contributed by atoms with Gasteiger partial charge in [-0.25, -0.2) is 4.98 Å². The van der Waals surface area contributed by atoms with E-state index < -0.39 is 0 Å². The highest BCUT2D eigenvalue weighted by molar-refractivity contribution is 5.98. The van der Waals surface area contributed by atoms with Crippen LogP contribution in [0.2, 0.25) is 0 Å². The van der Waals surface area contributed by atoms with Gasteiger partial charge >= 0.3 is 0 Å². The molecule has 0 bridgehead atoms. The first kappa shape index (κ1) is 15.4. The van der Waals surface area contributed by atoms with Crippen LogP contribution in [-0.4, -0.2) is 9.38 Å². The molecule has 2 heteroatoms. The van der Waals surface area contributed by atoms with E-state index in [1.54, 1.807) is 0 Å². The number of imidazole rings is 1. The third-order valence-electron chi connectivity index (χ3n) is 4.52. The topological polar surface area (TPSA) is 17.3 Å². The standard InChI is InChI=1S/C23H20N2/c1-2-21(18-9-5-3-6-10-18)23(19-11-7-4-8-12-19)20-13-14-22-24-15-16-25(22)17-20/h3-17H,2H2,1H3/b23-21+. The average molecular weight is 324 g/mol. The van der Waals surface area contributed by atoms with Crippen LogP contribution in [0.5, 0.6) is 0 Å². The fraction of sp³-hybridized carbons (Fsp3) is 0.0870. The SMILES string of the molecule is CC/C(=C(/c1ccccc1)c1ccc2nccn2c1)c1ccccc1. The Morgan fingerprint density at radius 2 is 1.48 bits per heavy atom. The van der Waals surface area contributed by atoms with E-state index in [0.717, 1.165) is 12.1 Å². The summed E-state index contributed by atoms with van der Waals surface area (Å²) in [6, 6.07) is 25.5. The van der Waals surface area contributed by atoms with Crippen molar-refractivity contribution in [1.29, 1.82) is 0 Å². The monoisotopic (exact) mass is 324 g/mol. The second-order valence-electron chi connectivity index (χ2n) is 6.05. The molecule has 2 aromatic carbocycles. The Morgan fingerprint density at radius 3 is 2.16 bits per heavy atom. The summed E-state index contributed by atoms with van der Waals surface area (Å²) >= 11 is 0. The van der Waals surface area contributed by atoms with Crippen LogP contribution in [-0.2, 0) is 0 Å². The summed E-state index contributed by atoms with van der Waals surface area (Å²) in [5.74, 6) is 0. The number of hydrogen-bond acceptors (Lipinski definition) is 1. The summed E-state index contributed by atoms with van der Waals surface area (Å²) in [7, 11) is 0. The molecular weight excluding hydrogens is 304 g/mol. The van der Waals surface area contributed by atoms with Crippen LogP contribution >= 0.6 is 0 Å². The highest BCUT2D eigenvalue weighted by Gasteiger charge is 2.13. The molecule has 0 N–H and O–H groups in total. The maximum atomic E-state index is 4.36. The minimum atomic E-state index is 0.967. The third-order valence-corrected chi connectivity index (χ3v) is 4.52. The van der Waals surface area contributed by atoms with Crippen molar-refractivity contribution in [2.24, 2.45) is 0 Å². The number of nitrogens with zero attached hydrogens (tertiary/aromatic N) is 2. The summed E-state index contributed by atoms with van der Waals surface area (Å²) in [5, 5.41) is 0. The van der Waals surface area contributed by atoms with Crippen molar-refractivity contribution in [3.8, 4) is 0 Å². The summed E-state index contributed by atoms with van der Waals surface area (Å²) < 4.78 is 2.08. The Balaban J connectivity index is 2.00. The van der Waals surface area contributed by atoms with Gasteiger partial charge in [0.15, 0.2) is 0 Å². The lowest BCUT2D eigenvalue weighted by atomic mass is 9.89. The van der Waals surface area contributed by atoms with Crippen LogP contribution < -0.4 is 0 Å². The molecule has 0 saturated carbocycles. The molecule has 0 fully saturated rings. The molecular formula is C23H20N2. The molecule has 0 unspecified atom stereocenters. The molecule has 4 rings (SSSR count). The first-order valence-electron chi connectivity index (χ1n) is 8.64. The predicted octanol–water partition coefficient (Wildman–Crippen LogP) is 5.70. The van der Waals surface area contributed by atoms with E-state index in [1.807, 2.05) is 12.4 Å². The van der Waals surface area contributed by atoms with Crippen LogP contribution in [0, 0.1) is 0 Å². The fourth-order valence-electron chi connectivity index (χ4n) is 3.35. The molecule has 4 aromatic rings. The largest absolute Gasteiger partial charge is 0.306 e. The maximum Gasteiger partial charge on any atom is 0.136 e. The number of pyridine rings is 1. The molecule has 0 aliphatic rings. The van der Waals surface area contributed by atoms with Crippen molar-refractivity contribution >= 4 is 16.8 Å². The molecule has 0 aliphatic heterocycles. The van der Waals surface area contributed by atoms with E-state index in [9.17, 15) is 0 Å². The fourth-order valence-corrected chi connectivity index (χ4v) is 3.35. The zero-order chi connectivity index (χ0) is 17.1. The lowest BCUT2D eigenvalue weighted by Gasteiger charge is -2.16. The number of fused-ring (bicyclic) bond motifs is 1. The lowest BCUT2D eigenvalue weighted by molar-refractivity contribution is 1.17. The van der Waals surface area contributed by atoms with E-state index in [-0.39, 0.29) is 0 Å². The second-order valence-corrected chi connectivity index (χ2v) is 6.05. The summed E-state index contributed by atoms with van der Waals surface area (Å²) in [5.41, 5.74) is 7.32. The van der Waals surface area contributed by atoms with Gasteiger partial charge in [0.2, 0.25) is 0 Å². The molecule has 0 saturated heterocycles. The van der Waals surface area contributed by atoms with Gasteiger partial charge in [0.1, 0.15) is 5.65 Å².